The lowest BCUT2D eigenvalue weighted by Crippen LogP contribution is -2.12. The molecular formula is C26H32FN3O3. The topological polar surface area (TPSA) is 74.7 Å². The maximum absolute atomic E-state index is 13.7. The van der Waals surface area contributed by atoms with E-state index in [9.17, 15) is 9.18 Å². The Kier molecular flexibility index (Phi) is 9.66. The fourth-order valence-electron chi connectivity index (χ4n) is 3.26. The monoisotopic (exact) mass is 453 g/mol. The molecule has 2 aromatic carbocycles. The molecule has 0 amide bonds. The summed E-state index contributed by atoms with van der Waals surface area (Å²) in [4.78, 5) is 16.3. The van der Waals surface area contributed by atoms with E-state index < -0.39 is 5.97 Å². The molecule has 3 aromatic rings. The average molecular weight is 454 g/mol. The summed E-state index contributed by atoms with van der Waals surface area (Å²) in [7, 11) is 3.60. The highest BCUT2D eigenvalue weighted by Gasteiger charge is 2.13. The van der Waals surface area contributed by atoms with E-state index in [0.29, 0.717) is 11.3 Å². The van der Waals surface area contributed by atoms with E-state index in [0.717, 1.165) is 36.6 Å². The molecule has 0 saturated carbocycles. The second-order valence-corrected chi connectivity index (χ2v) is 7.21. The van der Waals surface area contributed by atoms with Crippen LogP contribution in [-0.2, 0) is 6.42 Å². The third-order valence-corrected chi connectivity index (χ3v) is 5.15. The number of rotatable bonds is 4. The van der Waals surface area contributed by atoms with Crippen molar-refractivity contribution >= 4 is 23.0 Å². The smallest absolute Gasteiger partial charge is 0.337 e. The number of fused-ring (bicyclic) bond motifs is 1. The lowest BCUT2D eigenvalue weighted by Gasteiger charge is -2.23. The van der Waals surface area contributed by atoms with Gasteiger partial charge >= 0.3 is 5.97 Å². The SMILES string of the molecule is CC.CNc1cnccc1C(=O)O.Cc1ccc(N(C)c2ccc3c(c2)OCCC3)cc1F. The Labute approximate surface area is 195 Å². The average Bonchev–Trinajstić information content (AvgIpc) is 2.86. The number of carboxylic acids is 1. The molecule has 1 aliphatic rings. The summed E-state index contributed by atoms with van der Waals surface area (Å²) in [6, 6.07) is 12.9. The van der Waals surface area contributed by atoms with Gasteiger partial charge in [-0.3, -0.25) is 4.98 Å². The number of anilines is 3. The zero-order chi connectivity index (χ0) is 24.4. The Hall–Kier alpha value is -3.61. The first-order chi connectivity index (χ1) is 15.9. The zero-order valence-corrected chi connectivity index (χ0v) is 19.9. The number of nitrogens with zero attached hydrogens (tertiary/aromatic N) is 2. The Bertz CT molecular complexity index is 1070. The van der Waals surface area contributed by atoms with Gasteiger partial charge in [-0.05, 0) is 55.2 Å². The standard InChI is InChI=1S/C17H18FNO.C7H8N2O2.C2H6/c1-12-5-7-14(10-16(12)18)19(2)15-8-6-13-4-3-9-20-17(13)11-15;1-8-6-4-9-3-2-5(6)7(10)11;1-2/h5-8,10-11H,3-4,9H2,1-2H3;2-4,8H,1H3,(H,10,11);1-2H3. The largest absolute Gasteiger partial charge is 0.493 e. The molecule has 0 unspecified atom stereocenters. The first kappa shape index (κ1) is 25.6. The summed E-state index contributed by atoms with van der Waals surface area (Å²) in [5, 5.41) is 11.4. The summed E-state index contributed by atoms with van der Waals surface area (Å²) in [5.74, 6) is -0.173. The highest BCUT2D eigenvalue weighted by atomic mass is 19.1. The summed E-state index contributed by atoms with van der Waals surface area (Å²) in [6.07, 6.45) is 5.07. The number of aromatic carboxylic acids is 1. The lowest BCUT2D eigenvalue weighted by atomic mass is 10.1. The summed E-state index contributed by atoms with van der Waals surface area (Å²) >= 11 is 0. The van der Waals surface area contributed by atoms with Crippen LogP contribution < -0.4 is 15.0 Å². The Morgan fingerprint density at radius 3 is 2.48 bits per heavy atom. The number of ether oxygens (including phenoxy) is 1. The van der Waals surface area contributed by atoms with E-state index >= 15 is 0 Å². The molecule has 2 heterocycles. The molecule has 4 rings (SSSR count). The third kappa shape index (κ3) is 6.68. The van der Waals surface area contributed by atoms with Gasteiger partial charge in [0.2, 0.25) is 0 Å². The van der Waals surface area contributed by atoms with Crippen molar-refractivity contribution in [2.24, 2.45) is 0 Å². The maximum Gasteiger partial charge on any atom is 0.337 e. The van der Waals surface area contributed by atoms with Crippen LogP contribution in [0.4, 0.5) is 21.5 Å². The summed E-state index contributed by atoms with van der Waals surface area (Å²) in [5.41, 5.74) is 4.53. The van der Waals surface area contributed by atoms with E-state index in [1.165, 1.54) is 24.0 Å². The van der Waals surface area contributed by atoms with E-state index in [-0.39, 0.29) is 11.4 Å². The van der Waals surface area contributed by atoms with Crippen LogP contribution in [0, 0.1) is 12.7 Å². The molecule has 2 N–H and O–H groups in total. The van der Waals surface area contributed by atoms with Gasteiger partial charge in [0.15, 0.2) is 0 Å². The van der Waals surface area contributed by atoms with E-state index in [1.54, 1.807) is 26.1 Å². The van der Waals surface area contributed by atoms with Crippen molar-refractivity contribution in [1.82, 2.24) is 4.98 Å². The van der Waals surface area contributed by atoms with Crippen LogP contribution in [0.15, 0.2) is 54.9 Å². The van der Waals surface area contributed by atoms with Gasteiger partial charge in [0.1, 0.15) is 11.6 Å². The lowest BCUT2D eigenvalue weighted by molar-refractivity contribution is 0.0698. The van der Waals surface area contributed by atoms with E-state index in [4.69, 9.17) is 9.84 Å². The van der Waals surface area contributed by atoms with Crippen LogP contribution in [0.1, 0.15) is 41.8 Å². The molecule has 1 aromatic heterocycles. The Morgan fingerprint density at radius 1 is 1.15 bits per heavy atom. The van der Waals surface area contributed by atoms with E-state index in [1.807, 2.05) is 37.9 Å². The number of halogens is 1. The van der Waals surface area contributed by atoms with Crippen molar-refractivity contribution in [2.45, 2.75) is 33.6 Å². The van der Waals surface area contributed by atoms with Gasteiger partial charge in [-0.1, -0.05) is 26.0 Å². The molecular weight excluding hydrogens is 421 g/mol. The molecule has 0 bridgehead atoms. The predicted molar refractivity (Wildman–Crippen MR) is 132 cm³/mol. The number of carbonyl (C=O) groups is 1. The second kappa shape index (κ2) is 12.4. The first-order valence-corrected chi connectivity index (χ1v) is 11.0. The Morgan fingerprint density at radius 2 is 1.85 bits per heavy atom. The van der Waals surface area contributed by atoms with Gasteiger partial charge in [0, 0.05) is 37.7 Å². The Balaban J connectivity index is 0.000000252. The van der Waals surface area contributed by atoms with Gasteiger partial charge in [-0.15, -0.1) is 0 Å². The van der Waals surface area contributed by atoms with Crippen molar-refractivity contribution in [1.29, 1.82) is 0 Å². The molecule has 0 atom stereocenters. The molecule has 176 valence electrons. The number of aryl methyl sites for hydroxylation is 2. The molecule has 1 aliphatic heterocycles. The number of aromatic nitrogens is 1. The summed E-state index contributed by atoms with van der Waals surface area (Å²) < 4.78 is 19.4. The highest BCUT2D eigenvalue weighted by molar-refractivity contribution is 5.93. The van der Waals surface area contributed by atoms with Crippen molar-refractivity contribution in [3.8, 4) is 5.75 Å². The van der Waals surface area contributed by atoms with Crippen molar-refractivity contribution in [3.63, 3.8) is 0 Å². The van der Waals surface area contributed by atoms with E-state index in [2.05, 4.69) is 22.4 Å². The normalized spacial score (nSPS) is 11.5. The van der Waals surface area contributed by atoms with Crippen LogP contribution in [-0.4, -0.2) is 36.8 Å². The van der Waals surface area contributed by atoms with Gasteiger partial charge in [0.05, 0.1) is 24.1 Å². The molecule has 0 aliphatic carbocycles. The number of hydrogen-bond acceptors (Lipinski definition) is 5. The number of nitrogens with one attached hydrogen (secondary N) is 1. The van der Waals surface area contributed by atoms with Gasteiger partial charge in [-0.25, -0.2) is 9.18 Å². The van der Waals surface area contributed by atoms with Crippen molar-refractivity contribution < 1.29 is 19.0 Å². The minimum absolute atomic E-state index is 0.177. The molecule has 0 spiro atoms. The fraction of sp³-hybridized carbons (Fsp3) is 0.308. The number of benzene rings is 2. The van der Waals surface area contributed by atoms with Gasteiger partial charge < -0.3 is 20.1 Å². The quantitative estimate of drug-likeness (QED) is 0.499. The van der Waals surface area contributed by atoms with Gasteiger partial charge in [0.25, 0.3) is 0 Å². The minimum Gasteiger partial charge on any atom is -0.493 e. The second-order valence-electron chi connectivity index (χ2n) is 7.21. The van der Waals surface area contributed by atoms with Gasteiger partial charge in [-0.2, -0.15) is 0 Å². The number of pyridine rings is 1. The van der Waals surface area contributed by atoms with Crippen molar-refractivity contribution in [2.75, 3.05) is 30.9 Å². The van der Waals surface area contributed by atoms with Crippen LogP contribution >= 0.6 is 0 Å². The molecule has 0 saturated heterocycles. The molecule has 0 fully saturated rings. The number of hydrogen-bond donors (Lipinski definition) is 2. The minimum atomic E-state index is -0.947. The van der Waals surface area contributed by atoms with Crippen LogP contribution in [0.2, 0.25) is 0 Å². The highest BCUT2D eigenvalue weighted by Crippen LogP contribution is 2.32. The maximum atomic E-state index is 13.7. The molecule has 33 heavy (non-hydrogen) atoms. The van der Waals surface area contributed by atoms with Crippen LogP contribution in [0.5, 0.6) is 5.75 Å². The summed E-state index contributed by atoms with van der Waals surface area (Å²) in [6.45, 7) is 6.55. The first-order valence-electron chi connectivity index (χ1n) is 11.0. The molecule has 6 nitrogen and oxygen atoms in total. The zero-order valence-electron chi connectivity index (χ0n) is 19.9. The molecule has 0 radical (unpaired) electrons. The van der Waals surface area contributed by atoms with Crippen LogP contribution in [0.3, 0.4) is 0 Å². The fourth-order valence-corrected chi connectivity index (χ4v) is 3.26. The number of carboxylic acid groups (broad SMARTS) is 1. The molecule has 7 heteroatoms. The van der Waals surface area contributed by atoms with Crippen molar-refractivity contribution in [3.05, 3.63) is 77.4 Å². The predicted octanol–water partition coefficient (Wildman–Crippen LogP) is 6.07. The van der Waals surface area contributed by atoms with Crippen LogP contribution in [0.25, 0.3) is 0 Å². The third-order valence-electron chi connectivity index (χ3n) is 5.15.